The summed E-state index contributed by atoms with van der Waals surface area (Å²) in [7, 11) is 0. The van der Waals surface area contributed by atoms with E-state index in [-0.39, 0.29) is 10.8 Å². The normalized spacial score (nSPS) is 11.1. The van der Waals surface area contributed by atoms with Crippen molar-refractivity contribution in [1.29, 1.82) is 0 Å². The number of fused-ring (bicyclic) bond motifs is 1. The Labute approximate surface area is 119 Å². The molecule has 0 spiro atoms. The van der Waals surface area contributed by atoms with Crippen molar-refractivity contribution in [3.05, 3.63) is 52.3 Å². The van der Waals surface area contributed by atoms with Gasteiger partial charge in [0, 0.05) is 31.1 Å². The van der Waals surface area contributed by atoms with Crippen LogP contribution in [0.5, 0.6) is 0 Å². The minimum atomic E-state index is -0.414. The predicted octanol–water partition coefficient (Wildman–Crippen LogP) is 3.44. The van der Waals surface area contributed by atoms with Crippen LogP contribution in [0.1, 0.15) is 12.5 Å². The van der Waals surface area contributed by atoms with Crippen LogP contribution in [0.3, 0.4) is 0 Å². The molecule has 0 radical (unpaired) electrons. The van der Waals surface area contributed by atoms with Crippen LogP contribution in [-0.2, 0) is 4.79 Å². The van der Waals surface area contributed by atoms with Gasteiger partial charge in [-0.1, -0.05) is 23.9 Å². The molecule has 0 aliphatic heterocycles. The third kappa shape index (κ3) is 3.21. The number of nitro benzene ring substituents is 1. The first-order chi connectivity index (χ1) is 9.59. The van der Waals surface area contributed by atoms with Crippen molar-refractivity contribution in [2.75, 3.05) is 5.75 Å². The number of non-ortho nitro benzene ring substituents is 1. The van der Waals surface area contributed by atoms with E-state index in [4.69, 9.17) is 0 Å². The second-order valence-corrected chi connectivity index (χ2v) is 5.25. The van der Waals surface area contributed by atoms with E-state index >= 15 is 0 Å². The Morgan fingerprint density at radius 1 is 1.40 bits per heavy atom. The fourth-order valence-electron chi connectivity index (χ4n) is 1.84. The summed E-state index contributed by atoms with van der Waals surface area (Å²) in [6.07, 6.45) is 6.83. The van der Waals surface area contributed by atoms with Gasteiger partial charge in [0.25, 0.3) is 5.69 Å². The number of benzene rings is 1. The molecule has 102 valence electrons. The SMILES string of the molecule is CC(=O)SCC=Cc1ccc([N+](=O)[O-])c2cnccc12. The minimum absolute atomic E-state index is 0.0448. The number of carbonyl (C=O) groups is 1. The quantitative estimate of drug-likeness (QED) is 0.636. The molecule has 20 heavy (non-hydrogen) atoms. The van der Waals surface area contributed by atoms with Crippen LogP contribution in [0.25, 0.3) is 16.8 Å². The summed E-state index contributed by atoms with van der Waals surface area (Å²) in [6, 6.07) is 4.93. The Kier molecular flexibility index (Phi) is 4.47. The molecule has 2 aromatic rings. The average molecular weight is 288 g/mol. The van der Waals surface area contributed by atoms with Crippen molar-refractivity contribution < 1.29 is 9.72 Å². The number of pyridine rings is 1. The highest BCUT2D eigenvalue weighted by Crippen LogP contribution is 2.28. The van der Waals surface area contributed by atoms with Crippen LogP contribution in [-0.4, -0.2) is 20.8 Å². The van der Waals surface area contributed by atoms with Crippen LogP contribution in [0, 0.1) is 10.1 Å². The number of thioether (sulfide) groups is 1. The molecule has 1 aromatic carbocycles. The molecule has 6 heteroatoms. The summed E-state index contributed by atoms with van der Waals surface area (Å²) in [5.41, 5.74) is 0.917. The van der Waals surface area contributed by atoms with Gasteiger partial charge in [-0.15, -0.1) is 0 Å². The Balaban J connectivity index is 2.38. The molecule has 0 aliphatic carbocycles. The number of aromatic nitrogens is 1. The van der Waals surface area contributed by atoms with E-state index in [0.29, 0.717) is 11.1 Å². The summed E-state index contributed by atoms with van der Waals surface area (Å²) >= 11 is 1.22. The highest BCUT2D eigenvalue weighted by Gasteiger charge is 2.12. The van der Waals surface area contributed by atoms with Gasteiger partial charge >= 0.3 is 0 Å². The molecule has 0 N–H and O–H groups in total. The Morgan fingerprint density at radius 3 is 2.90 bits per heavy atom. The van der Waals surface area contributed by atoms with Crippen LogP contribution in [0.4, 0.5) is 5.69 Å². The molecule has 0 amide bonds. The summed E-state index contributed by atoms with van der Waals surface area (Å²) in [6.45, 7) is 1.52. The molecular weight excluding hydrogens is 276 g/mol. The Hall–Kier alpha value is -2.21. The molecule has 1 heterocycles. The fraction of sp³-hybridized carbons (Fsp3) is 0.143. The molecule has 0 bridgehead atoms. The van der Waals surface area contributed by atoms with Crippen molar-refractivity contribution in [3.63, 3.8) is 0 Å². The summed E-state index contributed by atoms with van der Waals surface area (Å²) in [5.74, 6) is 0.582. The number of nitrogens with zero attached hydrogens (tertiary/aromatic N) is 2. The second-order valence-electron chi connectivity index (χ2n) is 4.06. The number of hydrogen-bond acceptors (Lipinski definition) is 5. The second kappa shape index (κ2) is 6.29. The molecule has 1 aromatic heterocycles. The monoisotopic (exact) mass is 288 g/mol. The van der Waals surface area contributed by atoms with Crippen molar-refractivity contribution in [2.45, 2.75) is 6.92 Å². The predicted molar refractivity (Wildman–Crippen MR) is 80.6 cm³/mol. The lowest BCUT2D eigenvalue weighted by Crippen LogP contribution is -1.91. The van der Waals surface area contributed by atoms with Crippen molar-refractivity contribution >= 4 is 39.4 Å². The standard InChI is InChI=1S/C14H12N2O3S/c1-10(17)20-8-2-3-11-4-5-14(16(18)19)13-9-15-7-6-12(11)13/h2-7,9H,8H2,1H3. The first-order valence-corrected chi connectivity index (χ1v) is 6.89. The van der Waals surface area contributed by atoms with Crippen molar-refractivity contribution in [3.8, 4) is 0 Å². The molecule has 0 fully saturated rings. The first kappa shape index (κ1) is 14.2. The van der Waals surface area contributed by atoms with Crippen LogP contribution >= 0.6 is 11.8 Å². The van der Waals surface area contributed by atoms with Gasteiger partial charge in [0.05, 0.1) is 10.3 Å². The number of nitro groups is 1. The summed E-state index contributed by atoms with van der Waals surface area (Å²) < 4.78 is 0. The van der Waals surface area contributed by atoms with E-state index in [1.54, 1.807) is 18.3 Å². The lowest BCUT2D eigenvalue weighted by Gasteiger charge is -2.02. The zero-order chi connectivity index (χ0) is 14.5. The first-order valence-electron chi connectivity index (χ1n) is 5.90. The lowest BCUT2D eigenvalue weighted by molar-refractivity contribution is -0.383. The molecule has 0 aliphatic rings. The van der Waals surface area contributed by atoms with Gasteiger partial charge in [-0.05, 0) is 23.1 Å². The van der Waals surface area contributed by atoms with Gasteiger partial charge in [-0.3, -0.25) is 19.9 Å². The maximum absolute atomic E-state index is 11.0. The van der Waals surface area contributed by atoms with E-state index in [1.165, 1.54) is 30.9 Å². The van der Waals surface area contributed by atoms with E-state index < -0.39 is 4.92 Å². The molecule has 2 rings (SSSR count). The molecule has 0 saturated heterocycles. The third-order valence-electron chi connectivity index (χ3n) is 2.71. The molecule has 0 unspecified atom stereocenters. The number of rotatable bonds is 4. The minimum Gasteiger partial charge on any atom is -0.288 e. The molecular formula is C14H12N2O3S. The number of carbonyl (C=O) groups excluding carboxylic acids is 1. The topological polar surface area (TPSA) is 73.1 Å². The molecule has 5 nitrogen and oxygen atoms in total. The zero-order valence-corrected chi connectivity index (χ0v) is 11.6. The van der Waals surface area contributed by atoms with E-state index in [1.807, 2.05) is 12.2 Å². The molecule has 0 saturated carbocycles. The van der Waals surface area contributed by atoms with Crippen LogP contribution in [0.15, 0.2) is 36.7 Å². The summed E-state index contributed by atoms with van der Waals surface area (Å²) in [5, 5.41) is 12.3. The molecule has 0 atom stereocenters. The maximum atomic E-state index is 11.0. The van der Waals surface area contributed by atoms with Gasteiger partial charge in [-0.25, -0.2) is 0 Å². The van der Waals surface area contributed by atoms with Crippen molar-refractivity contribution in [2.24, 2.45) is 0 Å². The van der Waals surface area contributed by atoms with Gasteiger partial charge < -0.3 is 0 Å². The maximum Gasteiger partial charge on any atom is 0.278 e. The summed E-state index contributed by atoms with van der Waals surface area (Å²) in [4.78, 5) is 25.3. The van der Waals surface area contributed by atoms with E-state index in [0.717, 1.165) is 10.9 Å². The lowest BCUT2D eigenvalue weighted by atomic mass is 10.0. The van der Waals surface area contributed by atoms with Gasteiger partial charge in [0.2, 0.25) is 0 Å². The fourth-order valence-corrected chi connectivity index (χ4v) is 2.27. The highest BCUT2D eigenvalue weighted by atomic mass is 32.2. The smallest absolute Gasteiger partial charge is 0.278 e. The Bertz CT molecular complexity index is 698. The van der Waals surface area contributed by atoms with Crippen LogP contribution < -0.4 is 0 Å². The van der Waals surface area contributed by atoms with E-state index in [9.17, 15) is 14.9 Å². The number of hydrogen-bond donors (Lipinski definition) is 0. The van der Waals surface area contributed by atoms with Crippen molar-refractivity contribution in [1.82, 2.24) is 4.98 Å². The van der Waals surface area contributed by atoms with Gasteiger partial charge in [-0.2, -0.15) is 0 Å². The largest absolute Gasteiger partial charge is 0.288 e. The van der Waals surface area contributed by atoms with Gasteiger partial charge in [0.1, 0.15) is 0 Å². The highest BCUT2D eigenvalue weighted by molar-refractivity contribution is 8.13. The van der Waals surface area contributed by atoms with Gasteiger partial charge in [0.15, 0.2) is 5.12 Å². The third-order valence-corrected chi connectivity index (χ3v) is 3.47. The van der Waals surface area contributed by atoms with Crippen LogP contribution in [0.2, 0.25) is 0 Å². The Morgan fingerprint density at radius 2 is 2.20 bits per heavy atom. The zero-order valence-electron chi connectivity index (χ0n) is 10.8. The average Bonchev–Trinajstić information content (AvgIpc) is 2.43. The van der Waals surface area contributed by atoms with E-state index in [2.05, 4.69) is 4.98 Å².